The lowest BCUT2D eigenvalue weighted by Crippen LogP contribution is -2.01. The van der Waals surface area contributed by atoms with E-state index in [1.54, 1.807) is 31.3 Å². The second-order valence-electron chi connectivity index (χ2n) is 2.72. The highest BCUT2D eigenvalue weighted by atomic mass is 16.4. The van der Waals surface area contributed by atoms with Gasteiger partial charge in [-0.25, -0.2) is 4.79 Å². The largest absolute Gasteiger partial charge is 0.478 e. The average Bonchev–Trinajstić information content (AvgIpc) is 2.08. The summed E-state index contributed by atoms with van der Waals surface area (Å²) in [4.78, 5) is 14.8. The summed E-state index contributed by atoms with van der Waals surface area (Å²) in [6, 6.07) is 1.57. The first kappa shape index (κ1) is 9.45. The lowest BCUT2D eigenvalue weighted by atomic mass is 10.1. The molecule has 0 aromatic carbocycles. The number of carboxylic acid groups (broad SMARTS) is 1. The smallest absolute Gasteiger partial charge is 0.336 e. The molecule has 0 fully saturated rings. The zero-order chi connectivity index (χ0) is 9.84. The lowest BCUT2D eigenvalue weighted by Gasteiger charge is -2.00. The van der Waals surface area contributed by atoms with Crippen LogP contribution in [0.2, 0.25) is 0 Å². The second-order valence-corrected chi connectivity index (χ2v) is 2.72. The van der Waals surface area contributed by atoms with Crippen LogP contribution in [0.3, 0.4) is 0 Å². The van der Waals surface area contributed by atoms with E-state index in [-0.39, 0.29) is 0 Å². The Labute approximate surface area is 76.7 Å². The van der Waals surface area contributed by atoms with E-state index in [0.29, 0.717) is 16.8 Å². The molecule has 3 heteroatoms. The molecule has 0 bridgehead atoms. The third-order valence-corrected chi connectivity index (χ3v) is 1.65. The molecule has 0 aliphatic heterocycles. The Morgan fingerprint density at radius 3 is 2.85 bits per heavy atom. The summed E-state index contributed by atoms with van der Waals surface area (Å²) in [6.07, 6.45) is 5.09. The van der Waals surface area contributed by atoms with Crippen LogP contribution in [0.15, 0.2) is 18.3 Å². The quantitative estimate of drug-likeness (QED) is 0.752. The zero-order valence-electron chi connectivity index (χ0n) is 7.61. The number of hydrogen-bond acceptors (Lipinski definition) is 2. The van der Waals surface area contributed by atoms with Crippen LogP contribution >= 0.6 is 0 Å². The van der Waals surface area contributed by atoms with Gasteiger partial charge in [0.15, 0.2) is 0 Å². The van der Waals surface area contributed by atoms with Crippen LogP contribution in [-0.4, -0.2) is 16.1 Å². The monoisotopic (exact) mass is 177 g/mol. The molecule has 0 radical (unpaired) electrons. The van der Waals surface area contributed by atoms with Crippen molar-refractivity contribution in [2.45, 2.75) is 13.8 Å². The van der Waals surface area contributed by atoms with Crippen molar-refractivity contribution >= 4 is 12.0 Å². The number of hydrogen-bond donors (Lipinski definition) is 1. The maximum Gasteiger partial charge on any atom is 0.336 e. The van der Waals surface area contributed by atoms with Crippen LogP contribution in [0, 0.1) is 6.92 Å². The fraction of sp³-hybridized carbons (Fsp3) is 0.200. The number of aromatic carboxylic acids is 1. The van der Waals surface area contributed by atoms with Crippen molar-refractivity contribution in [2.75, 3.05) is 0 Å². The summed E-state index contributed by atoms with van der Waals surface area (Å²) in [5.41, 5.74) is 1.65. The summed E-state index contributed by atoms with van der Waals surface area (Å²) in [5.74, 6) is -0.918. The van der Waals surface area contributed by atoms with Crippen molar-refractivity contribution in [3.05, 3.63) is 35.2 Å². The van der Waals surface area contributed by atoms with Gasteiger partial charge in [0.25, 0.3) is 0 Å². The number of pyridine rings is 1. The lowest BCUT2D eigenvalue weighted by molar-refractivity contribution is 0.0696. The molecule has 0 unspecified atom stereocenters. The summed E-state index contributed by atoms with van der Waals surface area (Å²) < 4.78 is 0. The van der Waals surface area contributed by atoms with Crippen LogP contribution in [0.5, 0.6) is 0 Å². The Bertz CT molecular complexity index is 356. The van der Waals surface area contributed by atoms with E-state index in [4.69, 9.17) is 5.11 Å². The van der Waals surface area contributed by atoms with Crippen molar-refractivity contribution in [3.63, 3.8) is 0 Å². The van der Waals surface area contributed by atoms with E-state index < -0.39 is 5.97 Å². The van der Waals surface area contributed by atoms with Crippen molar-refractivity contribution in [1.82, 2.24) is 4.98 Å². The van der Waals surface area contributed by atoms with Crippen molar-refractivity contribution in [3.8, 4) is 0 Å². The van der Waals surface area contributed by atoms with E-state index in [9.17, 15) is 4.79 Å². The predicted molar refractivity (Wildman–Crippen MR) is 50.6 cm³/mol. The Morgan fingerprint density at radius 2 is 2.31 bits per heavy atom. The first-order valence-electron chi connectivity index (χ1n) is 3.97. The number of nitrogens with zero attached hydrogens (tertiary/aromatic N) is 1. The van der Waals surface area contributed by atoms with E-state index in [1.807, 2.05) is 6.92 Å². The van der Waals surface area contributed by atoms with Crippen molar-refractivity contribution in [1.29, 1.82) is 0 Å². The molecule has 0 saturated carbocycles. The van der Waals surface area contributed by atoms with Gasteiger partial charge in [-0.2, -0.15) is 0 Å². The van der Waals surface area contributed by atoms with Gasteiger partial charge in [0.1, 0.15) is 0 Å². The first-order valence-corrected chi connectivity index (χ1v) is 3.97. The molecule has 0 atom stereocenters. The zero-order valence-corrected chi connectivity index (χ0v) is 7.61. The van der Waals surface area contributed by atoms with Gasteiger partial charge in [-0.15, -0.1) is 0 Å². The standard InChI is InChI=1S/C10H11NO2/c1-3-4-8-6-11-7(2)5-9(8)10(12)13/h3-6H,1-2H3,(H,12,13)/b4-3+. The van der Waals surface area contributed by atoms with Crippen LogP contribution in [0.25, 0.3) is 6.08 Å². The van der Waals surface area contributed by atoms with E-state index >= 15 is 0 Å². The molecule has 0 saturated heterocycles. The topological polar surface area (TPSA) is 50.2 Å². The molecule has 0 amide bonds. The van der Waals surface area contributed by atoms with Crippen LogP contribution in [-0.2, 0) is 0 Å². The fourth-order valence-corrected chi connectivity index (χ4v) is 1.07. The molecule has 3 nitrogen and oxygen atoms in total. The molecule has 68 valence electrons. The summed E-state index contributed by atoms with van der Waals surface area (Å²) in [5, 5.41) is 8.86. The molecule has 0 aliphatic carbocycles. The van der Waals surface area contributed by atoms with Gasteiger partial charge in [-0.3, -0.25) is 4.98 Å². The highest BCUT2D eigenvalue weighted by Crippen LogP contribution is 2.10. The van der Waals surface area contributed by atoms with Crippen LogP contribution < -0.4 is 0 Å². The number of allylic oxidation sites excluding steroid dienone is 1. The number of carbonyl (C=O) groups is 1. The maximum absolute atomic E-state index is 10.8. The maximum atomic E-state index is 10.8. The van der Waals surface area contributed by atoms with Gasteiger partial charge in [0.05, 0.1) is 5.56 Å². The molecule has 1 rings (SSSR count). The second kappa shape index (κ2) is 3.85. The Hall–Kier alpha value is -1.64. The molecule has 13 heavy (non-hydrogen) atoms. The number of aryl methyl sites for hydroxylation is 1. The van der Waals surface area contributed by atoms with E-state index in [0.717, 1.165) is 0 Å². The highest BCUT2D eigenvalue weighted by Gasteiger charge is 2.07. The van der Waals surface area contributed by atoms with Crippen molar-refractivity contribution in [2.24, 2.45) is 0 Å². The Kier molecular flexibility index (Phi) is 2.80. The minimum atomic E-state index is -0.918. The minimum Gasteiger partial charge on any atom is -0.478 e. The molecule has 0 aliphatic rings. The molecule has 1 aromatic heterocycles. The molecule has 0 spiro atoms. The van der Waals surface area contributed by atoms with Crippen LogP contribution in [0.4, 0.5) is 0 Å². The van der Waals surface area contributed by atoms with Gasteiger partial charge < -0.3 is 5.11 Å². The predicted octanol–water partition coefficient (Wildman–Crippen LogP) is 2.12. The number of aromatic nitrogens is 1. The molecule has 1 N–H and O–H groups in total. The first-order chi connectivity index (χ1) is 6.15. The van der Waals surface area contributed by atoms with E-state index in [1.165, 1.54) is 0 Å². The van der Waals surface area contributed by atoms with E-state index in [2.05, 4.69) is 4.98 Å². The van der Waals surface area contributed by atoms with Gasteiger partial charge in [0, 0.05) is 17.5 Å². The minimum absolute atomic E-state index is 0.297. The molecule has 1 aromatic rings. The number of rotatable bonds is 2. The fourth-order valence-electron chi connectivity index (χ4n) is 1.07. The van der Waals surface area contributed by atoms with Gasteiger partial charge in [-0.05, 0) is 19.9 Å². The SMILES string of the molecule is C/C=C/c1cnc(C)cc1C(=O)O. The Morgan fingerprint density at radius 1 is 1.62 bits per heavy atom. The third kappa shape index (κ3) is 2.15. The van der Waals surface area contributed by atoms with Gasteiger partial charge >= 0.3 is 5.97 Å². The van der Waals surface area contributed by atoms with Crippen molar-refractivity contribution < 1.29 is 9.90 Å². The van der Waals surface area contributed by atoms with Crippen LogP contribution in [0.1, 0.15) is 28.5 Å². The molecular formula is C10H11NO2. The Balaban J connectivity index is 3.26. The van der Waals surface area contributed by atoms with Gasteiger partial charge in [-0.1, -0.05) is 12.2 Å². The average molecular weight is 177 g/mol. The highest BCUT2D eigenvalue weighted by molar-refractivity contribution is 5.92. The normalized spacial score (nSPS) is 10.6. The number of carboxylic acids is 1. The molecule has 1 heterocycles. The molecular weight excluding hydrogens is 166 g/mol. The summed E-state index contributed by atoms with van der Waals surface area (Å²) in [7, 11) is 0. The third-order valence-electron chi connectivity index (χ3n) is 1.65. The summed E-state index contributed by atoms with van der Waals surface area (Å²) in [6.45, 7) is 3.61. The van der Waals surface area contributed by atoms with Gasteiger partial charge in [0.2, 0.25) is 0 Å². The summed E-state index contributed by atoms with van der Waals surface area (Å²) >= 11 is 0.